The Morgan fingerprint density at radius 1 is 1.40 bits per heavy atom. The molecule has 0 bridgehead atoms. The number of amides is 1. The number of thiophene rings is 1. The van der Waals surface area contributed by atoms with Gasteiger partial charge in [-0.05, 0) is 43.8 Å². The van der Waals surface area contributed by atoms with E-state index in [1.54, 1.807) is 11.3 Å². The maximum atomic E-state index is 12.8. The lowest BCUT2D eigenvalue weighted by Gasteiger charge is -2.35. The van der Waals surface area contributed by atoms with E-state index in [0.717, 1.165) is 30.8 Å². The number of likely N-dealkylation sites (N-methyl/N-ethyl adjacent to an activating group) is 1. The average Bonchev–Trinajstić information content (AvgIpc) is 2.91. The van der Waals surface area contributed by atoms with Crippen LogP contribution in [0.5, 0.6) is 0 Å². The third-order valence-corrected chi connectivity index (χ3v) is 5.07. The Morgan fingerprint density at radius 3 is 3.05 bits per heavy atom. The van der Waals surface area contributed by atoms with Gasteiger partial charge in [0.05, 0.1) is 4.88 Å². The van der Waals surface area contributed by atoms with Crippen LogP contribution in [0.3, 0.4) is 0 Å². The Labute approximate surface area is 123 Å². The number of carbonyl (C=O) groups is 1. The Balaban J connectivity index is 1.86. The van der Waals surface area contributed by atoms with Crippen molar-refractivity contribution in [2.45, 2.75) is 25.3 Å². The molecule has 0 spiro atoms. The predicted octanol–water partition coefficient (Wildman–Crippen LogP) is 3.12. The van der Waals surface area contributed by atoms with Crippen LogP contribution < -0.4 is 5.32 Å². The topological polar surface area (TPSA) is 32.3 Å². The van der Waals surface area contributed by atoms with E-state index in [1.807, 2.05) is 25.2 Å². The summed E-state index contributed by atoms with van der Waals surface area (Å²) in [5, 5.41) is 4.38. The minimum Gasteiger partial charge on any atom is -0.334 e. The predicted molar refractivity (Wildman–Crippen MR) is 84.4 cm³/mol. The van der Waals surface area contributed by atoms with Gasteiger partial charge in [0, 0.05) is 23.8 Å². The molecule has 1 aliphatic heterocycles. The minimum atomic E-state index is 0.200. The molecule has 1 fully saturated rings. The Hall–Kier alpha value is -1.39. The molecule has 3 rings (SSSR count). The van der Waals surface area contributed by atoms with Gasteiger partial charge in [0.2, 0.25) is 0 Å². The first-order chi connectivity index (χ1) is 9.79. The number of rotatable bonds is 3. The van der Waals surface area contributed by atoms with E-state index in [1.165, 1.54) is 16.5 Å². The number of nitrogens with one attached hydrogen (secondary N) is 1. The van der Waals surface area contributed by atoms with Crippen molar-refractivity contribution in [2.24, 2.45) is 0 Å². The van der Waals surface area contributed by atoms with Crippen molar-refractivity contribution < 1.29 is 4.79 Å². The summed E-state index contributed by atoms with van der Waals surface area (Å²) in [4.78, 5) is 15.7. The fourth-order valence-corrected chi connectivity index (χ4v) is 3.96. The van der Waals surface area contributed by atoms with Crippen LogP contribution in [-0.2, 0) is 0 Å². The van der Waals surface area contributed by atoms with E-state index in [2.05, 4.69) is 22.3 Å². The largest absolute Gasteiger partial charge is 0.334 e. The number of piperidine rings is 1. The Morgan fingerprint density at radius 2 is 2.25 bits per heavy atom. The second-order valence-corrected chi connectivity index (χ2v) is 6.44. The molecule has 20 heavy (non-hydrogen) atoms. The highest BCUT2D eigenvalue weighted by Crippen LogP contribution is 2.28. The molecule has 0 aliphatic carbocycles. The van der Waals surface area contributed by atoms with E-state index < -0.39 is 0 Å². The van der Waals surface area contributed by atoms with Crippen LogP contribution in [0.4, 0.5) is 0 Å². The molecule has 0 saturated carbocycles. The molecule has 1 unspecified atom stereocenters. The second kappa shape index (κ2) is 5.94. The summed E-state index contributed by atoms with van der Waals surface area (Å²) in [6.45, 7) is 1.77. The second-order valence-electron chi connectivity index (χ2n) is 5.35. The van der Waals surface area contributed by atoms with Crippen LogP contribution in [0.1, 0.15) is 28.9 Å². The molecule has 1 aromatic carbocycles. The van der Waals surface area contributed by atoms with Crippen molar-refractivity contribution in [3.63, 3.8) is 0 Å². The molecule has 2 aromatic rings. The third kappa shape index (κ3) is 2.58. The zero-order valence-corrected chi connectivity index (χ0v) is 12.6. The number of hydrogen-bond donors (Lipinski definition) is 1. The normalized spacial score (nSPS) is 19.4. The van der Waals surface area contributed by atoms with E-state index >= 15 is 0 Å². The van der Waals surface area contributed by atoms with Gasteiger partial charge in [-0.2, -0.15) is 0 Å². The molecule has 2 heterocycles. The summed E-state index contributed by atoms with van der Waals surface area (Å²) in [6, 6.07) is 10.6. The molecule has 3 nitrogen and oxygen atoms in total. The molecular weight excluding hydrogens is 268 g/mol. The van der Waals surface area contributed by atoms with E-state index in [-0.39, 0.29) is 5.91 Å². The summed E-state index contributed by atoms with van der Waals surface area (Å²) in [5.41, 5.74) is 0. The molecule has 1 aromatic heterocycles. The lowest BCUT2D eigenvalue weighted by atomic mass is 10.0. The van der Waals surface area contributed by atoms with Crippen LogP contribution in [0.25, 0.3) is 10.1 Å². The van der Waals surface area contributed by atoms with Crippen molar-refractivity contribution in [2.75, 3.05) is 20.1 Å². The summed E-state index contributed by atoms with van der Waals surface area (Å²) in [6.07, 6.45) is 3.46. The van der Waals surface area contributed by atoms with E-state index in [0.29, 0.717) is 6.04 Å². The lowest BCUT2D eigenvalue weighted by Crippen LogP contribution is -2.47. The minimum absolute atomic E-state index is 0.200. The number of carbonyl (C=O) groups excluding carboxylic acids is 1. The standard InChI is InChI=1S/C16H20N2OS/c1-17-11-13-7-4-5-9-18(13)16(19)15-10-12-6-2-3-8-14(12)20-15/h2-3,6,8,10,13,17H,4-5,7,9,11H2,1H3. The molecule has 1 atom stereocenters. The van der Waals surface area contributed by atoms with Gasteiger partial charge in [-0.25, -0.2) is 0 Å². The monoisotopic (exact) mass is 288 g/mol. The van der Waals surface area contributed by atoms with Gasteiger partial charge in [0.25, 0.3) is 5.91 Å². The van der Waals surface area contributed by atoms with E-state index in [4.69, 9.17) is 0 Å². The number of benzene rings is 1. The van der Waals surface area contributed by atoms with Gasteiger partial charge in [-0.3, -0.25) is 4.79 Å². The van der Waals surface area contributed by atoms with Gasteiger partial charge in [-0.1, -0.05) is 18.2 Å². The third-order valence-electron chi connectivity index (χ3n) is 3.96. The van der Waals surface area contributed by atoms with Crippen LogP contribution in [0, 0.1) is 0 Å². The highest BCUT2D eigenvalue weighted by molar-refractivity contribution is 7.20. The number of likely N-dealkylation sites (tertiary alicyclic amines) is 1. The molecule has 0 radical (unpaired) electrons. The van der Waals surface area contributed by atoms with Gasteiger partial charge < -0.3 is 10.2 Å². The number of nitrogens with zero attached hydrogens (tertiary/aromatic N) is 1. The van der Waals surface area contributed by atoms with Gasteiger partial charge in [0.15, 0.2) is 0 Å². The summed E-state index contributed by atoms with van der Waals surface area (Å²) >= 11 is 1.61. The Kier molecular flexibility index (Phi) is 4.03. The first kappa shape index (κ1) is 13.6. The Bertz CT molecular complexity index is 572. The average molecular weight is 288 g/mol. The summed E-state index contributed by atoms with van der Waals surface area (Å²) in [7, 11) is 1.96. The molecule has 1 N–H and O–H groups in total. The van der Waals surface area contributed by atoms with Gasteiger partial charge >= 0.3 is 0 Å². The van der Waals surface area contributed by atoms with Gasteiger partial charge in [0.1, 0.15) is 0 Å². The number of fused-ring (bicyclic) bond motifs is 1. The van der Waals surface area contributed by atoms with E-state index in [9.17, 15) is 4.79 Å². The van der Waals surface area contributed by atoms with Crippen molar-refractivity contribution >= 4 is 27.3 Å². The van der Waals surface area contributed by atoms with Crippen molar-refractivity contribution in [1.82, 2.24) is 10.2 Å². The molecule has 1 aliphatic rings. The lowest BCUT2D eigenvalue weighted by molar-refractivity contribution is 0.0620. The molecule has 1 saturated heterocycles. The molecule has 106 valence electrons. The van der Waals surface area contributed by atoms with Crippen LogP contribution in [-0.4, -0.2) is 37.0 Å². The maximum Gasteiger partial charge on any atom is 0.264 e. The summed E-state index contributed by atoms with van der Waals surface area (Å²) < 4.78 is 1.19. The smallest absolute Gasteiger partial charge is 0.264 e. The quantitative estimate of drug-likeness (QED) is 0.941. The fraction of sp³-hybridized carbons (Fsp3) is 0.438. The highest BCUT2D eigenvalue weighted by atomic mass is 32.1. The molecule has 4 heteroatoms. The molecular formula is C16H20N2OS. The first-order valence-corrected chi connectivity index (χ1v) is 8.05. The van der Waals surface area contributed by atoms with Crippen LogP contribution >= 0.6 is 11.3 Å². The van der Waals surface area contributed by atoms with Gasteiger partial charge in [-0.15, -0.1) is 11.3 Å². The van der Waals surface area contributed by atoms with Crippen LogP contribution in [0.2, 0.25) is 0 Å². The maximum absolute atomic E-state index is 12.8. The zero-order valence-electron chi connectivity index (χ0n) is 11.8. The van der Waals surface area contributed by atoms with Crippen molar-refractivity contribution in [3.8, 4) is 0 Å². The molecule has 1 amide bonds. The van der Waals surface area contributed by atoms with Crippen molar-refractivity contribution in [3.05, 3.63) is 35.2 Å². The van der Waals surface area contributed by atoms with Crippen LogP contribution in [0.15, 0.2) is 30.3 Å². The zero-order chi connectivity index (χ0) is 13.9. The van der Waals surface area contributed by atoms with Crippen molar-refractivity contribution in [1.29, 1.82) is 0 Å². The first-order valence-electron chi connectivity index (χ1n) is 7.24. The highest BCUT2D eigenvalue weighted by Gasteiger charge is 2.27. The number of hydrogen-bond acceptors (Lipinski definition) is 3. The SMILES string of the molecule is CNCC1CCCCN1C(=O)c1cc2ccccc2s1. The summed E-state index contributed by atoms with van der Waals surface area (Å²) in [5.74, 6) is 0.200. The fourth-order valence-electron chi connectivity index (χ4n) is 2.94.